The van der Waals surface area contributed by atoms with E-state index in [1.165, 1.54) is 20.1 Å². The summed E-state index contributed by atoms with van der Waals surface area (Å²) in [5, 5.41) is 4.56. The highest BCUT2D eigenvalue weighted by atomic mass is 19.4. The lowest BCUT2D eigenvalue weighted by molar-refractivity contribution is -0.137. The van der Waals surface area contributed by atoms with Crippen molar-refractivity contribution in [2.75, 3.05) is 17.7 Å². The first-order valence-electron chi connectivity index (χ1n) is 7.60. The molecular weight excluding hydrogens is 349 g/mol. The van der Waals surface area contributed by atoms with Gasteiger partial charge in [-0.2, -0.15) is 13.2 Å². The monoisotopic (exact) mass is 366 g/mol. The summed E-state index contributed by atoms with van der Waals surface area (Å²) < 4.78 is 44.8. The quantitative estimate of drug-likeness (QED) is 0.845. The van der Waals surface area contributed by atoms with Crippen LogP contribution in [0.25, 0.3) is 0 Å². The molecule has 138 valence electrons. The fraction of sp³-hybridized carbons (Fsp3) is 0.222. The molecule has 8 heteroatoms. The second kappa shape index (κ2) is 7.90. The van der Waals surface area contributed by atoms with Crippen LogP contribution in [-0.2, 0) is 22.2 Å². The van der Waals surface area contributed by atoms with Crippen molar-refractivity contribution < 1.29 is 27.5 Å². The molecule has 2 aromatic rings. The molecule has 0 fully saturated rings. The van der Waals surface area contributed by atoms with Gasteiger partial charge in [0.05, 0.1) is 24.8 Å². The number of hydrogen-bond acceptors (Lipinski definition) is 3. The molecule has 26 heavy (non-hydrogen) atoms. The molecule has 5 nitrogen and oxygen atoms in total. The Bertz CT molecular complexity index is 820. The number of benzene rings is 2. The fourth-order valence-electron chi connectivity index (χ4n) is 2.33. The van der Waals surface area contributed by atoms with Crippen molar-refractivity contribution >= 4 is 23.2 Å². The minimum Gasteiger partial charge on any atom is -0.497 e. The Kier molecular flexibility index (Phi) is 5.86. The molecule has 2 rings (SSSR count). The van der Waals surface area contributed by atoms with Gasteiger partial charge in [-0.05, 0) is 35.9 Å². The first kappa shape index (κ1) is 19.3. The molecule has 2 amide bonds. The van der Waals surface area contributed by atoms with E-state index in [0.29, 0.717) is 11.3 Å². The van der Waals surface area contributed by atoms with Gasteiger partial charge in [-0.25, -0.2) is 0 Å². The normalized spacial score (nSPS) is 11.0. The minimum absolute atomic E-state index is 0.00406. The van der Waals surface area contributed by atoms with E-state index >= 15 is 0 Å². The van der Waals surface area contributed by atoms with Gasteiger partial charge in [-0.3, -0.25) is 9.59 Å². The number of carbonyl (C=O) groups is 2. The van der Waals surface area contributed by atoms with Crippen LogP contribution in [0.15, 0.2) is 42.5 Å². The summed E-state index contributed by atoms with van der Waals surface area (Å²) in [5.74, 6) is -0.546. The van der Waals surface area contributed by atoms with Gasteiger partial charge in [0.15, 0.2) is 0 Å². The lowest BCUT2D eigenvalue weighted by Crippen LogP contribution is -2.19. The summed E-state index contributed by atoms with van der Waals surface area (Å²) in [6, 6.07) is 9.86. The van der Waals surface area contributed by atoms with Gasteiger partial charge in [-0.1, -0.05) is 12.1 Å². The smallest absolute Gasteiger partial charge is 0.418 e. The lowest BCUT2D eigenvalue weighted by Gasteiger charge is -2.15. The van der Waals surface area contributed by atoms with Gasteiger partial charge in [0.25, 0.3) is 0 Å². The van der Waals surface area contributed by atoms with E-state index < -0.39 is 23.6 Å². The van der Waals surface area contributed by atoms with Crippen LogP contribution in [0.4, 0.5) is 24.5 Å². The van der Waals surface area contributed by atoms with E-state index in [4.69, 9.17) is 4.74 Å². The van der Waals surface area contributed by atoms with Crippen molar-refractivity contribution in [3.63, 3.8) is 0 Å². The van der Waals surface area contributed by atoms with Gasteiger partial charge in [0.2, 0.25) is 11.8 Å². The number of methoxy groups -OCH3 is 1. The number of halogens is 3. The predicted octanol–water partition coefficient (Wildman–Crippen LogP) is 3.85. The molecular formula is C18H17F3N2O3. The molecule has 0 saturated carbocycles. The highest BCUT2D eigenvalue weighted by Crippen LogP contribution is 2.36. The molecule has 2 aromatic carbocycles. The first-order valence-corrected chi connectivity index (χ1v) is 7.60. The van der Waals surface area contributed by atoms with Crippen molar-refractivity contribution in [3.8, 4) is 5.75 Å². The average molecular weight is 366 g/mol. The van der Waals surface area contributed by atoms with E-state index in [0.717, 1.165) is 12.1 Å². The standard InChI is InChI=1S/C18H17F3N2O3/c1-11(24)22-13-6-7-16(15(10-13)18(19,20)21)23-17(25)9-12-4-3-5-14(8-12)26-2/h3-8,10H,9H2,1-2H3,(H,22,24)(H,23,25). The van der Waals surface area contributed by atoms with E-state index in [9.17, 15) is 22.8 Å². The fourth-order valence-corrected chi connectivity index (χ4v) is 2.33. The maximum atomic E-state index is 13.3. The van der Waals surface area contributed by atoms with Crippen molar-refractivity contribution in [2.45, 2.75) is 19.5 Å². The van der Waals surface area contributed by atoms with Gasteiger partial charge >= 0.3 is 6.18 Å². The van der Waals surface area contributed by atoms with Gasteiger partial charge in [0, 0.05) is 12.6 Å². The Morgan fingerprint density at radius 2 is 1.81 bits per heavy atom. The van der Waals surface area contributed by atoms with E-state index in [1.807, 2.05) is 0 Å². The van der Waals surface area contributed by atoms with Gasteiger partial charge in [0.1, 0.15) is 5.75 Å². The molecule has 0 saturated heterocycles. The van der Waals surface area contributed by atoms with Crippen LogP contribution in [0.5, 0.6) is 5.75 Å². The Morgan fingerprint density at radius 3 is 2.42 bits per heavy atom. The molecule has 0 aliphatic heterocycles. The molecule has 0 bridgehead atoms. The van der Waals surface area contributed by atoms with Crippen LogP contribution in [0, 0.1) is 0 Å². The molecule has 0 atom stereocenters. The lowest BCUT2D eigenvalue weighted by atomic mass is 10.1. The second-order valence-electron chi connectivity index (χ2n) is 5.52. The third-order valence-corrected chi connectivity index (χ3v) is 3.42. The highest BCUT2D eigenvalue weighted by Gasteiger charge is 2.34. The number of amides is 2. The van der Waals surface area contributed by atoms with Crippen LogP contribution in [-0.4, -0.2) is 18.9 Å². The number of alkyl halides is 3. The largest absolute Gasteiger partial charge is 0.497 e. The maximum Gasteiger partial charge on any atom is 0.418 e. The van der Waals surface area contributed by atoms with Crippen LogP contribution >= 0.6 is 0 Å². The Labute approximate surface area is 148 Å². The summed E-state index contributed by atoms with van der Waals surface area (Å²) in [6.45, 7) is 1.19. The molecule has 0 aliphatic rings. The molecule has 0 heterocycles. The Balaban J connectivity index is 2.21. The van der Waals surface area contributed by atoms with Crippen LogP contribution in [0.2, 0.25) is 0 Å². The summed E-state index contributed by atoms with van der Waals surface area (Å²) in [6.07, 6.45) is -4.80. The minimum atomic E-state index is -4.69. The van der Waals surface area contributed by atoms with Crippen molar-refractivity contribution in [1.29, 1.82) is 0 Å². The van der Waals surface area contributed by atoms with E-state index in [2.05, 4.69) is 10.6 Å². The third kappa shape index (κ3) is 5.23. The average Bonchev–Trinajstić information content (AvgIpc) is 2.55. The molecule has 0 aromatic heterocycles. The van der Waals surface area contributed by atoms with Crippen LogP contribution in [0.3, 0.4) is 0 Å². The van der Waals surface area contributed by atoms with Crippen LogP contribution in [0.1, 0.15) is 18.1 Å². The number of anilines is 2. The topological polar surface area (TPSA) is 67.4 Å². The van der Waals surface area contributed by atoms with Crippen LogP contribution < -0.4 is 15.4 Å². The summed E-state index contributed by atoms with van der Waals surface area (Å²) in [7, 11) is 1.48. The molecule has 0 aliphatic carbocycles. The number of hydrogen-bond donors (Lipinski definition) is 2. The molecule has 2 N–H and O–H groups in total. The van der Waals surface area contributed by atoms with E-state index in [-0.39, 0.29) is 17.8 Å². The summed E-state index contributed by atoms with van der Waals surface area (Å²) in [4.78, 5) is 23.2. The van der Waals surface area contributed by atoms with Crippen molar-refractivity contribution in [1.82, 2.24) is 0 Å². The highest BCUT2D eigenvalue weighted by molar-refractivity contribution is 5.94. The number of rotatable bonds is 5. The zero-order chi connectivity index (χ0) is 19.3. The summed E-state index contributed by atoms with van der Waals surface area (Å²) in [5.41, 5.74) is -0.817. The Morgan fingerprint density at radius 1 is 1.08 bits per heavy atom. The van der Waals surface area contributed by atoms with Gasteiger partial charge < -0.3 is 15.4 Å². The maximum absolute atomic E-state index is 13.3. The van der Waals surface area contributed by atoms with E-state index in [1.54, 1.807) is 24.3 Å². The number of nitrogens with one attached hydrogen (secondary N) is 2. The SMILES string of the molecule is COc1cccc(CC(=O)Nc2ccc(NC(C)=O)cc2C(F)(F)F)c1. The zero-order valence-electron chi connectivity index (χ0n) is 14.1. The van der Waals surface area contributed by atoms with Crippen molar-refractivity contribution in [2.24, 2.45) is 0 Å². The first-order chi connectivity index (χ1) is 12.2. The van der Waals surface area contributed by atoms with Gasteiger partial charge in [-0.15, -0.1) is 0 Å². The van der Waals surface area contributed by atoms with Crippen molar-refractivity contribution in [3.05, 3.63) is 53.6 Å². The molecule has 0 unspecified atom stereocenters. The number of carbonyl (C=O) groups excluding carboxylic acids is 2. The third-order valence-electron chi connectivity index (χ3n) is 3.42. The number of ether oxygens (including phenoxy) is 1. The zero-order valence-corrected chi connectivity index (χ0v) is 14.1. The molecule has 0 radical (unpaired) electrons. The summed E-state index contributed by atoms with van der Waals surface area (Å²) >= 11 is 0. The predicted molar refractivity (Wildman–Crippen MR) is 91.1 cm³/mol. The second-order valence-corrected chi connectivity index (χ2v) is 5.52. The Hall–Kier alpha value is -3.03. The molecule has 0 spiro atoms.